The number of rotatable bonds is 6. The molecule has 0 saturated carbocycles. The number of hydrogen-bond donors (Lipinski definition) is 1. The molecule has 0 radical (unpaired) electrons. The van der Waals surface area contributed by atoms with Crippen LogP contribution < -0.4 is 10.1 Å². The molecule has 1 aromatic heterocycles. The van der Waals surface area contributed by atoms with Crippen LogP contribution in [0.2, 0.25) is 0 Å². The normalized spacial score (nSPS) is 17.0. The molecule has 120 valence electrons. The van der Waals surface area contributed by atoms with Crippen molar-refractivity contribution in [3.05, 3.63) is 59.8 Å². The number of benzene rings is 1. The number of pyridine rings is 1. The predicted molar refractivity (Wildman–Crippen MR) is 85.8 cm³/mol. The molecule has 5 heteroatoms. The second kappa shape index (κ2) is 7.74. The standard InChI is InChI=1S/C18H20N2O3/c21-18(16-7-4-10-22-16)20-12-15-8-9-19-17(11-15)23-13-14-5-2-1-3-6-14/h1-3,5-6,8-9,11,16H,4,7,10,12-13H2,(H,20,21)/t16-/m0/s1. The van der Waals surface area contributed by atoms with E-state index in [9.17, 15) is 4.79 Å². The first-order valence-corrected chi connectivity index (χ1v) is 7.82. The third kappa shape index (κ3) is 4.53. The molecule has 2 aromatic rings. The van der Waals surface area contributed by atoms with Crippen molar-refractivity contribution >= 4 is 5.91 Å². The van der Waals surface area contributed by atoms with Crippen molar-refractivity contribution in [2.24, 2.45) is 0 Å². The highest BCUT2D eigenvalue weighted by Gasteiger charge is 2.22. The molecule has 1 fully saturated rings. The largest absolute Gasteiger partial charge is 0.473 e. The average Bonchev–Trinajstić information content (AvgIpc) is 3.14. The molecule has 1 atom stereocenters. The van der Waals surface area contributed by atoms with E-state index in [-0.39, 0.29) is 12.0 Å². The van der Waals surface area contributed by atoms with Crippen LogP contribution in [0.3, 0.4) is 0 Å². The van der Waals surface area contributed by atoms with Gasteiger partial charge in [-0.25, -0.2) is 4.98 Å². The van der Waals surface area contributed by atoms with Crippen LogP contribution in [-0.2, 0) is 22.7 Å². The van der Waals surface area contributed by atoms with E-state index in [1.165, 1.54) is 0 Å². The first-order valence-electron chi connectivity index (χ1n) is 7.82. The molecule has 3 rings (SSSR count). The second-order valence-electron chi connectivity index (χ2n) is 5.50. The van der Waals surface area contributed by atoms with Gasteiger partial charge in [-0.05, 0) is 30.0 Å². The summed E-state index contributed by atoms with van der Waals surface area (Å²) in [5, 5.41) is 2.89. The molecule has 5 nitrogen and oxygen atoms in total. The summed E-state index contributed by atoms with van der Waals surface area (Å²) in [4.78, 5) is 16.1. The Hall–Kier alpha value is -2.40. The maximum absolute atomic E-state index is 11.9. The van der Waals surface area contributed by atoms with Crippen LogP contribution in [0.4, 0.5) is 0 Å². The zero-order chi connectivity index (χ0) is 15.9. The Kier molecular flexibility index (Phi) is 5.21. The molecule has 1 saturated heterocycles. The Bertz CT molecular complexity index is 640. The van der Waals surface area contributed by atoms with Gasteiger partial charge >= 0.3 is 0 Å². The highest BCUT2D eigenvalue weighted by atomic mass is 16.5. The molecule has 1 amide bonds. The van der Waals surface area contributed by atoms with Gasteiger partial charge in [0.15, 0.2) is 0 Å². The van der Waals surface area contributed by atoms with Crippen LogP contribution in [0.15, 0.2) is 48.7 Å². The van der Waals surface area contributed by atoms with E-state index in [4.69, 9.17) is 9.47 Å². The lowest BCUT2D eigenvalue weighted by Gasteiger charge is -2.11. The summed E-state index contributed by atoms with van der Waals surface area (Å²) < 4.78 is 11.1. The van der Waals surface area contributed by atoms with E-state index in [1.807, 2.05) is 42.5 Å². The first-order chi connectivity index (χ1) is 11.3. The molecular formula is C18H20N2O3. The van der Waals surface area contributed by atoms with E-state index in [2.05, 4.69) is 10.3 Å². The zero-order valence-electron chi connectivity index (χ0n) is 12.9. The lowest BCUT2D eigenvalue weighted by molar-refractivity contribution is -0.130. The van der Waals surface area contributed by atoms with Gasteiger partial charge in [0.25, 0.3) is 0 Å². The van der Waals surface area contributed by atoms with Gasteiger partial charge in [0, 0.05) is 25.4 Å². The number of amides is 1. The maximum Gasteiger partial charge on any atom is 0.249 e. The van der Waals surface area contributed by atoms with Crippen LogP contribution in [0.5, 0.6) is 5.88 Å². The highest BCUT2D eigenvalue weighted by molar-refractivity contribution is 5.80. The molecule has 1 aliphatic heterocycles. The van der Waals surface area contributed by atoms with Gasteiger partial charge in [-0.15, -0.1) is 0 Å². The highest BCUT2D eigenvalue weighted by Crippen LogP contribution is 2.14. The molecule has 2 heterocycles. The van der Waals surface area contributed by atoms with Gasteiger partial charge in [0.1, 0.15) is 12.7 Å². The third-order valence-corrected chi connectivity index (χ3v) is 3.72. The van der Waals surface area contributed by atoms with E-state index in [0.717, 1.165) is 24.0 Å². The van der Waals surface area contributed by atoms with E-state index < -0.39 is 0 Å². The summed E-state index contributed by atoms with van der Waals surface area (Å²) >= 11 is 0. The Morgan fingerprint density at radius 3 is 2.91 bits per heavy atom. The van der Waals surface area contributed by atoms with Gasteiger partial charge < -0.3 is 14.8 Å². The summed E-state index contributed by atoms with van der Waals surface area (Å²) in [6.45, 7) is 1.59. The first kappa shape index (κ1) is 15.5. The van der Waals surface area contributed by atoms with E-state index >= 15 is 0 Å². The molecule has 23 heavy (non-hydrogen) atoms. The zero-order valence-corrected chi connectivity index (χ0v) is 12.9. The molecule has 0 spiro atoms. The smallest absolute Gasteiger partial charge is 0.249 e. The minimum atomic E-state index is -0.300. The molecule has 1 N–H and O–H groups in total. The topological polar surface area (TPSA) is 60.5 Å². The molecule has 0 bridgehead atoms. The summed E-state index contributed by atoms with van der Waals surface area (Å²) in [6.07, 6.45) is 3.14. The minimum Gasteiger partial charge on any atom is -0.473 e. The van der Waals surface area contributed by atoms with Crippen molar-refractivity contribution in [1.29, 1.82) is 0 Å². The van der Waals surface area contributed by atoms with Crippen LogP contribution in [0.1, 0.15) is 24.0 Å². The summed E-state index contributed by atoms with van der Waals surface area (Å²) in [5.41, 5.74) is 2.04. The fourth-order valence-electron chi connectivity index (χ4n) is 2.46. The van der Waals surface area contributed by atoms with Crippen LogP contribution in [0.25, 0.3) is 0 Å². The van der Waals surface area contributed by atoms with Gasteiger partial charge in [0.05, 0.1) is 0 Å². The summed E-state index contributed by atoms with van der Waals surface area (Å²) in [6, 6.07) is 13.6. The van der Waals surface area contributed by atoms with Crippen LogP contribution >= 0.6 is 0 Å². The van der Waals surface area contributed by atoms with Crippen molar-refractivity contribution < 1.29 is 14.3 Å². The number of carbonyl (C=O) groups excluding carboxylic acids is 1. The van der Waals surface area contributed by atoms with E-state index in [1.54, 1.807) is 6.20 Å². The Balaban J connectivity index is 1.51. The van der Waals surface area contributed by atoms with Crippen molar-refractivity contribution in [1.82, 2.24) is 10.3 Å². The minimum absolute atomic E-state index is 0.0499. The molecular weight excluding hydrogens is 292 g/mol. The number of hydrogen-bond acceptors (Lipinski definition) is 4. The van der Waals surface area contributed by atoms with Crippen LogP contribution in [0, 0.1) is 0 Å². The monoisotopic (exact) mass is 312 g/mol. The predicted octanol–water partition coefficient (Wildman–Crippen LogP) is 2.46. The lowest BCUT2D eigenvalue weighted by Crippen LogP contribution is -2.33. The molecule has 0 unspecified atom stereocenters. The molecule has 1 aliphatic rings. The quantitative estimate of drug-likeness (QED) is 0.890. The number of carbonyl (C=O) groups is 1. The Morgan fingerprint density at radius 1 is 1.26 bits per heavy atom. The molecule has 1 aromatic carbocycles. The maximum atomic E-state index is 11.9. The Labute approximate surface area is 135 Å². The number of ether oxygens (including phenoxy) is 2. The lowest BCUT2D eigenvalue weighted by atomic mass is 10.2. The summed E-state index contributed by atoms with van der Waals surface area (Å²) in [7, 11) is 0. The van der Waals surface area contributed by atoms with Gasteiger partial charge in [0.2, 0.25) is 11.8 Å². The fourth-order valence-corrected chi connectivity index (χ4v) is 2.46. The number of nitrogens with zero attached hydrogens (tertiary/aromatic N) is 1. The third-order valence-electron chi connectivity index (χ3n) is 3.72. The average molecular weight is 312 g/mol. The van der Waals surface area contributed by atoms with Crippen molar-refractivity contribution in [2.75, 3.05) is 6.61 Å². The number of nitrogens with one attached hydrogen (secondary N) is 1. The SMILES string of the molecule is O=C(NCc1ccnc(OCc2ccccc2)c1)[C@@H]1CCCO1. The van der Waals surface area contributed by atoms with Crippen LogP contribution in [-0.4, -0.2) is 23.6 Å². The number of aromatic nitrogens is 1. The van der Waals surface area contributed by atoms with Gasteiger partial charge in [-0.1, -0.05) is 30.3 Å². The Morgan fingerprint density at radius 2 is 2.13 bits per heavy atom. The van der Waals surface area contributed by atoms with Crippen molar-refractivity contribution in [2.45, 2.75) is 32.1 Å². The van der Waals surface area contributed by atoms with E-state index in [0.29, 0.717) is 25.6 Å². The molecule has 0 aliphatic carbocycles. The van der Waals surface area contributed by atoms with Gasteiger partial charge in [-0.2, -0.15) is 0 Å². The van der Waals surface area contributed by atoms with Crippen molar-refractivity contribution in [3.63, 3.8) is 0 Å². The van der Waals surface area contributed by atoms with Crippen molar-refractivity contribution in [3.8, 4) is 5.88 Å². The van der Waals surface area contributed by atoms with Gasteiger partial charge in [-0.3, -0.25) is 4.79 Å². The second-order valence-corrected chi connectivity index (χ2v) is 5.50. The summed E-state index contributed by atoms with van der Waals surface area (Å²) in [5.74, 6) is 0.504. The fraction of sp³-hybridized carbons (Fsp3) is 0.333.